The second-order valence-electron chi connectivity index (χ2n) is 5.29. The highest BCUT2D eigenvalue weighted by Gasteiger charge is 2.11. The molecule has 0 spiro atoms. The van der Waals surface area contributed by atoms with Gasteiger partial charge in [-0.2, -0.15) is 0 Å². The van der Waals surface area contributed by atoms with Crippen molar-refractivity contribution in [3.8, 4) is 22.8 Å². The van der Waals surface area contributed by atoms with Crippen LogP contribution in [-0.2, 0) is 4.79 Å². The Bertz CT molecular complexity index is 903. The number of aromatic nitrogens is 3. The van der Waals surface area contributed by atoms with Crippen LogP contribution in [-0.4, -0.2) is 40.8 Å². The van der Waals surface area contributed by atoms with Gasteiger partial charge in [0.1, 0.15) is 0 Å². The van der Waals surface area contributed by atoms with Gasteiger partial charge in [-0.25, -0.2) is 15.0 Å². The van der Waals surface area contributed by atoms with Crippen LogP contribution in [0.1, 0.15) is 6.42 Å². The number of nitrogens with zero attached hydrogens (tertiary/aromatic N) is 3. The highest BCUT2D eigenvalue weighted by atomic mass is 32.2. The van der Waals surface area contributed by atoms with Gasteiger partial charge < -0.3 is 14.8 Å². The Balaban J connectivity index is 1.56. The second kappa shape index (κ2) is 9.33. The first-order valence-corrected chi connectivity index (χ1v) is 9.93. The molecule has 0 bridgehead atoms. The summed E-state index contributed by atoms with van der Waals surface area (Å²) in [5, 5.41) is 5.94. The summed E-state index contributed by atoms with van der Waals surface area (Å²) in [7, 11) is 3.18. The van der Waals surface area contributed by atoms with Crippen LogP contribution in [0, 0.1) is 0 Å². The molecule has 9 heteroatoms. The number of methoxy groups -OCH3 is 2. The molecule has 2 heterocycles. The van der Waals surface area contributed by atoms with Crippen LogP contribution in [0.15, 0.2) is 47.2 Å². The molecule has 1 aromatic carbocycles. The number of hydrogen-bond donors (Lipinski definition) is 1. The normalized spacial score (nSPS) is 10.4. The molecule has 1 amide bonds. The molecule has 3 aromatic rings. The maximum Gasteiger partial charge on any atom is 0.226 e. The molecule has 0 saturated heterocycles. The van der Waals surface area contributed by atoms with Crippen LogP contribution < -0.4 is 14.8 Å². The number of thioether (sulfide) groups is 1. The fraction of sp³-hybridized carbons (Fsp3) is 0.222. The lowest BCUT2D eigenvalue weighted by molar-refractivity contribution is -0.115. The van der Waals surface area contributed by atoms with Crippen molar-refractivity contribution < 1.29 is 14.3 Å². The third kappa shape index (κ3) is 5.18. The molecule has 1 N–H and O–H groups in total. The summed E-state index contributed by atoms with van der Waals surface area (Å²) in [6.07, 6.45) is 3.72. The minimum absolute atomic E-state index is 0.0911. The lowest BCUT2D eigenvalue weighted by Crippen LogP contribution is -2.12. The van der Waals surface area contributed by atoms with E-state index in [2.05, 4.69) is 20.3 Å². The molecule has 0 aliphatic carbocycles. The van der Waals surface area contributed by atoms with E-state index in [1.165, 1.54) is 23.1 Å². The topological polar surface area (TPSA) is 86.2 Å². The third-order valence-corrected chi connectivity index (χ3v) is 5.17. The van der Waals surface area contributed by atoms with Crippen LogP contribution in [0.5, 0.6) is 11.5 Å². The van der Waals surface area contributed by atoms with E-state index in [9.17, 15) is 4.79 Å². The van der Waals surface area contributed by atoms with Gasteiger partial charge in [0.2, 0.25) is 5.91 Å². The van der Waals surface area contributed by atoms with Crippen molar-refractivity contribution in [1.29, 1.82) is 0 Å². The Morgan fingerprint density at radius 3 is 2.70 bits per heavy atom. The molecule has 27 heavy (non-hydrogen) atoms. The molecule has 0 radical (unpaired) electrons. The number of ether oxygens (including phenoxy) is 2. The van der Waals surface area contributed by atoms with Crippen molar-refractivity contribution in [2.45, 2.75) is 11.6 Å². The molecule has 0 aliphatic heterocycles. The first-order valence-electron chi connectivity index (χ1n) is 8.07. The van der Waals surface area contributed by atoms with Crippen molar-refractivity contribution in [2.24, 2.45) is 0 Å². The summed E-state index contributed by atoms with van der Waals surface area (Å²) in [6.45, 7) is 0. The molecular weight excluding hydrogens is 384 g/mol. The van der Waals surface area contributed by atoms with Gasteiger partial charge in [0.05, 0.1) is 19.9 Å². The number of nitrogens with one attached hydrogen (secondary N) is 1. The standard InChI is InChI=1S/C18H18N4O3S2/c1-24-14-5-4-12(10-15(14)25-2)13-11-27-18(21-13)22-16(23)6-9-26-17-19-7-3-8-20-17/h3-5,7-8,10-11H,6,9H2,1-2H3,(H,21,22,23). The SMILES string of the molecule is COc1ccc(-c2csc(NC(=O)CCSc3ncccn3)n2)cc1OC. The van der Waals surface area contributed by atoms with Crippen molar-refractivity contribution >= 4 is 34.1 Å². The van der Waals surface area contributed by atoms with Gasteiger partial charge in [0, 0.05) is 35.5 Å². The first-order chi connectivity index (χ1) is 13.2. The number of hydrogen-bond acceptors (Lipinski definition) is 8. The maximum atomic E-state index is 12.1. The minimum Gasteiger partial charge on any atom is -0.493 e. The van der Waals surface area contributed by atoms with Gasteiger partial charge >= 0.3 is 0 Å². The number of anilines is 1. The predicted octanol–water partition coefficient (Wildman–Crippen LogP) is 3.74. The van der Waals surface area contributed by atoms with Gasteiger partial charge in [0.15, 0.2) is 21.8 Å². The number of carbonyl (C=O) groups excluding carboxylic acids is 1. The monoisotopic (exact) mass is 402 g/mol. The predicted molar refractivity (Wildman–Crippen MR) is 107 cm³/mol. The Hall–Kier alpha value is -2.65. The zero-order valence-corrected chi connectivity index (χ0v) is 16.5. The van der Waals surface area contributed by atoms with Crippen LogP contribution in [0.2, 0.25) is 0 Å². The van der Waals surface area contributed by atoms with Crippen LogP contribution >= 0.6 is 23.1 Å². The molecule has 7 nitrogen and oxygen atoms in total. The zero-order chi connectivity index (χ0) is 19.1. The molecule has 2 aromatic heterocycles. The summed E-state index contributed by atoms with van der Waals surface area (Å²) in [5.74, 6) is 1.80. The van der Waals surface area contributed by atoms with E-state index < -0.39 is 0 Å². The summed E-state index contributed by atoms with van der Waals surface area (Å²) >= 11 is 2.82. The molecule has 3 rings (SSSR count). The summed E-state index contributed by atoms with van der Waals surface area (Å²) in [5.41, 5.74) is 1.66. The van der Waals surface area contributed by atoms with Crippen molar-refractivity contribution in [3.05, 3.63) is 42.0 Å². The molecule has 0 unspecified atom stereocenters. The molecular formula is C18H18N4O3S2. The summed E-state index contributed by atoms with van der Waals surface area (Å²) in [6, 6.07) is 7.35. The number of amides is 1. The lowest BCUT2D eigenvalue weighted by atomic mass is 10.1. The largest absolute Gasteiger partial charge is 0.493 e. The fourth-order valence-electron chi connectivity index (χ4n) is 2.24. The maximum absolute atomic E-state index is 12.1. The number of benzene rings is 1. The van der Waals surface area contributed by atoms with Crippen molar-refractivity contribution in [1.82, 2.24) is 15.0 Å². The third-order valence-electron chi connectivity index (χ3n) is 3.53. The number of thiazole rings is 1. The Morgan fingerprint density at radius 2 is 1.96 bits per heavy atom. The van der Waals surface area contributed by atoms with E-state index in [0.717, 1.165) is 11.3 Å². The van der Waals surface area contributed by atoms with Gasteiger partial charge in [-0.15, -0.1) is 11.3 Å². The van der Waals surface area contributed by atoms with E-state index >= 15 is 0 Å². The molecule has 0 aliphatic rings. The van der Waals surface area contributed by atoms with Crippen LogP contribution in [0.4, 0.5) is 5.13 Å². The smallest absolute Gasteiger partial charge is 0.226 e. The van der Waals surface area contributed by atoms with E-state index in [1.807, 2.05) is 23.6 Å². The van der Waals surface area contributed by atoms with Crippen LogP contribution in [0.25, 0.3) is 11.3 Å². The first kappa shape index (κ1) is 19.1. The van der Waals surface area contributed by atoms with Crippen LogP contribution in [0.3, 0.4) is 0 Å². The van der Waals surface area contributed by atoms with Gasteiger partial charge in [-0.1, -0.05) is 11.8 Å². The number of rotatable bonds is 8. The van der Waals surface area contributed by atoms with E-state index in [-0.39, 0.29) is 5.91 Å². The van der Waals surface area contributed by atoms with Gasteiger partial charge in [0.25, 0.3) is 0 Å². The quantitative estimate of drug-likeness (QED) is 0.454. The van der Waals surface area contributed by atoms with Crippen molar-refractivity contribution in [3.63, 3.8) is 0 Å². The Morgan fingerprint density at radius 1 is 1.19 bits per heavy atom. The molecule has 0 saturated carbocycles. The van der Waals surface area contributed by atoms with E-state index in [1.54, 1.807) is 32.7 Å². The zero-order valence-electron chi connectivity index (χ0n) is 14.8. The molecule has 0 atom stereocenters. The minimum atomic E-state index is -0.0911. The highest BCUT2D eigenvalue weighted by molar-refractivity contribution is 7.99. The molecule has 0 fully saturated rings. The summed E-state index contributed by atoms with van der Waals surface area (Å²) in [4.78, 5) is 24.8. The van der Waals surface area contributed by atoms with Gasteiger partial charge in [-0.3, -0.25) is 4.79 Å². The van der Waals surface area contributed by atoms with Gasteiger partial charge in [-0.05, 0) is 24.3 Å². The average Bonchev–Trinajstić information content (AvgIpc) is 3.16. The lowest BCUT2D eigenvalue weighted by Gasteiger charge is -2.08. The van der Waals surface area contributed by atoms with E-state index in [4.69, 9.17) is 9.47 Å². The highest BCUT2D eigenvalue weighted by Crippen LogP contribution is 2.33. The Kier molecular flexibility index (Phi) is 6.61. The molecule has 140 valence electrons. The fourth-order valence-corrected chi connectivity index (χ4v) is 3.71. The second-order valence-corrected chi connectivity index (χ2v) is 7.21. The summed E-state index contributed by atoms with van der Waals surface area (Å²) < 4.78 is 10.6. The number of carbonyl (C=O) groups is 1. The van der Waals surface area contributed by atoms with E-state index in [0.29, 0.717) is 34.0 Å². The average molecular weight is 403 g/mol. The Labute approximate surface area is 165 Å². The van der Waals surface area contributed by atoms with Crippen molar-refractivity contribution in [2.75, 3.05) is 25.3 Å².